The zero-order valence-electron chi connectivity index (χ0n) is 11.3. The Labute approximate surface area is 111 Å². The van der Waals surface area contributed by atoms with Gasteiger partial charge in [0, 0.05) is 12.1 Å². The van der Waals surface area contributed by atoms with Gasteiger partial charge in [-0.2, -0.15) is 0 Å². The Balaban J connectivity index is 2.92. The molecule has 0 heterocycles. The Morgan fingerprint density at radius 2 is 1.95 bits per heavy atom. The quantitative estimate of drug-likeness (QED) is 0.828. The normalized spacial score (nSPS) is 11.8. The number of carbonyl (C=O) groups excluding carboxylic acids is 1. The van der Waals surface area contributed by atoms with Crippen molar-refractivity contribution in [2.45, 2.75) is 25.8 Å². The number of hydrogen-bond acceptors (Lipinski definition) is 4. The minimum absolute atomic E-state index is 0.0224. The number of benzene rings is 1. The fraction of sp³-hybridized carbons (Fsp3) is 0.462. The number of carbonyl (C=O) groups is 1. The maximum Gasteiger partial charge on any atom is 0.241 e. The predicted octanol–water partition coefficient (Wildman–Crippen LogP) is 1.91. The maximum absolute atomic E-state index is 13.8. The largest absolute Gasteiger partial charge is 0.493 e. The van der Waals surface area contributed by atoms with E-state index >= 15 is 0 Å². The third-order valence-electron chi connectivity index (χ3n) is 2.67. The molecule has 1 amide bonds. The molecule has 0 saturated heterocycles. The molecule has 6 heteroatoms. The fourth-order valence-corrected chi connectivity index (χ4v) is 1.62. The average molecular weight is 270 g/mol. The summed E-state index contributed by atoms with van der Waals surface area (Å²) in [6.45, 7) is 1.92. The molecule has 1 rings (SSSR count). The Morgan fingerprint density at radius 1 is 1.37 bits per heavy atom. The van der Waals surface area contributed by atoms with Crippen molar-refractivity contribution >= 4 is 11.6 Å². The van der Waals surface area contributed by atoms with Gasteiger partial charge in [0.25, 0.3) is 0 Å². The van der Waals surface area contributed by atoms with Gasteiger partial charge in [0.2, 0.25) is 5.91 Å². The third kappa shape index (κ3) is 3.82. The van der Waals surface area contributed by atoms with E-state index in [9.17, 15) is 9.18 Å². The highest BCUT2D eigenvalue weighted by molar-refractivity contribution is 5.95. The van der Waals surface area contributed by atoms with Crippen LogP contribution in [0.25, 0.3) is 0 Å². The molecule has 0 radical (unpaired) electrons. The first-order chi connectivity index (χ1) is 9.03. The molecule has 0 aliphatic heterocycles. The van der Waals surface area contributed by atoms with Crippen LogP contribution < -0.4 is 20.5 Å². The first-order valence-electron chi connectivity index (χ1n) is 6.01. The minimum atomic E-state index is -0.655. The van der Waals surface area contributed by atoms with E-state index in [1.165, 1.54) is 20.3 Å². The van der Waals surface area contributed by atoms with Crippen molar-refractivity contribution in [3.8, 4) is 11.5 Å². The number of ether oxygens (including phenoxy) is 2. The van der Waals surface area contributed by atoms with Crippen LogP contribution in [0.4, 0.5) is 10.1 Å². The van der Waals surface area contributed by atoms with Gasteiger partial charge in [0.1, 0.15) is 0 Å². The second-order valence-corrected chi connectivity index (χ2v) is 4.07. The van der Waals surface area contributed by atoms with Gasteiger partial charge in [-0.05, 0) is 6.42 Å². The van der Waals surface area contributed by atoms with Gasteiger partial charge < -0.3 is 20.5 Å². The standard InChI is InChI=1S/C13H19FN2O3/c1-4-5-9(15)13(17)16-10-7-12(19-3)11(18-2)6-8(10)14/h6-7,9H,4-5,15H2,1-3H3,(H,16,17). The van der Waals surface area contributed by atoms with Crippen LogP contribution in [-0.2, 0) is 4.79 Å². The van der Waals surface area contributed by atoms with Gasteiger partial charge in [-0.25, -0.2) is 4.39 Å². The molecule has 1 aromatic carbocycles. The number of nitrogens with one attached hydrogen (secondary N) is 1. The predicted molar refractivity (Wildman–Crippen MR) is 71.0 cm³/mol. The van der Waals surface area contributed by atoms with Crippen LogP contribution in [0.3, 0.4) is 0 Å². The van der Waals surface area contributed by atoms with Crippen molar-refractivity contribution in [1.82, 2.24) is 0 Å². The molecule has 5 nitrogen and oxygen atoms in total. The second-order valence-electron chi connectivity index (χ2n) is 4.07. The molecule has 0 aromatic heterocycles. The summed E-state index contributed by atoms with van der Waals surface area (Å²) in [6.07, 6.45) is 1.32. The molecule has 0 spiro atoms. The summed E-state index contributed by atoms with van der Waals surface area (Å²) in [6, 6.07) is 1.86. The molecule has 0 bridgehead atoms. The van der Waals surface area contributed by atoms with Crippen LogP contribution >= 0.6 is 0 Å². The summed E-state index contributed by atoms with van der Waals surface area (Å²) in [4.78, 5) is 11.7. The molecule has 1 aromatic rings. The van der Waals surface area contributed by atoms with Gasteiger partial charge in [0.05, 0.1) is 25.9 Å². The number of methoxy groups -OCH3 is 2. The van der Waals surface area contributed by atoms with E-state index in [1.807, 2.05) is 6.92 Å². The lowest BCUT2D eigenvalue weighted by Gasteiger charge is -2.14. The van der Waals surface area contributed by atoms with Crippen LogP contribution in [-0.4, -0.2) is 26.2 Å². The number of anilines is 1. The molecule has 3 N–H and O–H groups in total. The second kappa shape index (κ2) is 6.94. The van der Waals surface area contributed by atoms with E-state index in [0.717, 1.165) is 12.5 Å². The lowest BCUT2D eigenvalue weighted by molar-refractivity contribution is -0.117. The highest BCUT2D eigenvalue weighted by atomic mass is 19.1. The molecule has 0 saturated carbocycles. The van der Waals surface area contributed by atoms with Crippen LogP contribution in [0.15, 0.2) is 12.1 Å². The van der Waals surface area contributed by atoms with E-state index in [-0.39, 0.29) is 11.4 Å². The molecule has 0 fully saturated rings. The molecule has 106 valence electrons. The molecule has 1 atom stereocenters. The topological polar surface area (TPSA) is 73.6 Å². The van der Waals surface area contributed by atoms with Gasteiger partial charge in [-0.3, -0.25) is 4.79 Å². The fourth-order valence-electron chi connectivity index (χ4n) is 1.62. The maximum atomic E-state index is 13.8. The zero-order valence-corrected chi connectivity index (χ0v) is 11.3. The smallest absolute Gasteiger partial charge is 0.241 e. The van der Waals surface area contributed by atoms with Crippen LogP contribution in [0.2, 0.25) is 0 Å². The monoisotopic (exact) mass is 270 g/mol. The first-order valence-corrected chi connectivity index (χ1v) is 6.01. The summed E-state index contributed by atoms with van der Waals surface area (Å²) >= 11 is 0. The van der Waals surface area contributed by atoms with Gasteiger partial charge in [-0.1, -0.05) is 13.3 Å². The van der Waals surface area contributed by atoms with Crippen LogP contribution in [0.1, 0.15) is 19.8 Å². The third-order valence-corrected chi connectivity index (χ3v) is 2.67. The van der Waals surface area contributed by atoms with Crippen LogP contribution in [0, 0.1) is 5.82 Å². The summed E-state index contributed by atoms with van der Waals surface area (Å²) in [5.74, 6) is -0.429. The van der Waals surface area contributed by atoms with Crippen molar-refractivity contribution in [2.75, 3.05) is 19.5 Å². The summed E-state index contributed by atoms with van der Waals surface area (Å²) < 4.78 is 23.8. The Kier molecular flexibility index (Phi) is 5.57. The van der Waals surface area contributed by atoms with Crippen molar-refractivity contribution < 1.29 is 18.7 Å². The van der Waals surface area contributed by atoms with E-state index in [2.05, 4.69) is 5.32 Å². The number of hydrogen-bond donors (Lipinski definition) is 2. The lowest BCUT2D eigenvalue weighted by atomic mass is 10.1. The molecule has 0 aliphatic carbocycles. The highest BCUT2D eigenvalue weighted by Gasteiger charge is 2.17. The van der Waals surface area contributed by atoms with E-state index in [0.29, 0.717) is 12.2 Å². The number of amides is 1. The van der Waals surface area contributed by atoms with Crippen LogP contribution in [0.5, 0.6) is 11.5 Å². The van der Waals surface area contributed by atoms with Gasteiger partial charge in [0.15, 0.2) is 17.3 Å². The molecule has 19 heavy (non-hydrogen) atoms. The summed E-state index contributed by atoms with van der Waals surface area (Å²) in [5, 5.41) is 2.45. The lowest BCUT2D eigenvalue weighted by Crippen LogP contribution is -2.35. The number of nitrogens with two attached hydrogens (primary N) is 1. The summed E-state index contributed by atoms with van der Waals surface area (Å²) in [5.41, 5.74) is 5.68. The van der Waals surface area contributed by atoms with Crippen molar-refractivity contribution in [3.05, 3.63) is 17.9 Å². The zero-order chi connectivity index (χ0) is 14.4. The Morgan fingerprint density at radius 3 is 2.47 bits per heavy atom. The highest BCUT2D eigenvalue weighted by Crippen LogP contribution is 2.32. The minimum Gasteiger partial charge on any atom is -0.493 e. The first kappa shape index (κ1) is 15.2. The number of halogens is 1. The summed E-state index contributed by atoms with van der Waals surface area (Å²) in [7, 11) is 2.84. The average Bonchev–Trinajstić information content (AvgIpc) is 2.40. The Hall–Kier alpha value is -1.82. The van der Waals surface area contributed by atoms with E-state index in [4.69, 9.17) is 15.2 Å². The van der Waals surface area contributed by atoms with Crippen molar-refractivity contribution in [2.24, 2.45) is 5.73 Å². The van der Waals surface area contributed by atoms with Gasteiger partial charge >= 0.3 is 0 Å². The molecular formula is C13H19FN2O3. The molecular weight excluding hydrogens is 251 g/mol. The van der Waals surface area contributed by atoms with E-state index < -0.39 is 17.8 Å². The SMILES string of the molecule is CCCC(N)C(=O)Nc1cc(OC)c(OC)cc1F. The van der Waals surface area contributed by atoms with Crippen molar-refractivity contribution in [3.63, 3.8) is 0 Å². The molecule has 0 aliphatic rings. The number of rotatable bonds is 6. The van der Waals surface area contributed by atoms with Crippen molar-refractivity contribution in [1.29, 1.82) is 0 Å². The van der Waals surface area contributed by atoms with E-state index in [1.54, 1.807) is 0 Å². The molecule has 1 unspecified atom stereocenters. The Bertz CT molecular complexity index is 452. The van der Waals surface area contributed by atoms with Gasteiger partial charge in [-0.15, -0.1) is 0 Å².